The molecule has 1 saturated heterocycles. The van der Waals surface area contributed by atoms with E-state index in [1.165, 1.54) is 0 Å². The lowest BCUT2D eigenvalue weighted by molar-refractivity contribution is -0.125. The summed E-state index contributed by atoms with van der Waals surface area (Å²) in [5, 5.41) is 3.12. The van der Waals surface area contributed by atoms with Gasteiger partial charge in [0.15, 0.2) is 0 Å². The smallest absolute Gasteiger partial charge is 0.223 e. The lowest BCUT2D eigenvalue weighted by Crippen LogP contribution is -2.52. The van der Waals surface area contributed by atoms with Crippen molar-refractivity contribution < 1.29 is 9.53 Å². The molecule has 0 unspecified atom stereocenters. The van der Waals surface area contributed by atoms with Crippen LogP contribution in [0, 0.1) is 5.92 Å². The predicted molar refractivity (Wildman–Crippen MR) is 80.5 cm³/mol. The van der Waals surface area contributed by atoms with Crippen molar-refractivity contribution in [3.63, 3.8) is 0 Å². The number of carbonyl (C=O) groups is 1. The molecule has 1 amide bonds. The van der Waals surface area contributed by atoms with Crippen LogP contribution in [-0.4, -0.2) is 48.7 Å². The maximum absolute atomic E-state index is 12.1. The summed E-state index contributed by atoms with van der Waals surface area (Å²) in [7, 11) is 0. The average molecular weight is 280 g/mol. The van der Waals surface area contributed by atoms with Crippen LogP contribution < -0.4 is 5.32 Å². The predicted octanol–water partition coefficient (Wildman–Crippen LogP) is 1.96. The normalized spacial score (nSPS) is 32.9. The minimum absolute atomic E-state index is 0.176. The summed E-state index contributed by atoms with van der Waals surface area (Å²) < 4.78 is 5.75. The number of carbonyl (C=O) groups excluding carboxylic acids is 1. The van der Waals surface area contributed by atoms with E-state index in [4.69, 9.17) is 4.74 Å². The van der Waals surface area contributed by atoms with E-state index in [0.717, 1.165) is 38.9 Å². The Labute approximate surface area is 122 Å². The van der Waals surface area contributed by atoms with E-state index in [9.17, 15) is 4.79 Å². The molecule has 0 spiro atoms. The van der Waals surface area contributed by atoms with Crippen molar-refractivity contribution in [1.82, 2.24) is 10.2 Å². The SMILES string of the molecule is C[C@@H]1CN([C@H](C)CNC(=O)[C@@H]2CC=CCC2)C[C@H](C)O1. The fourth-order valence-electron chi connectivity index (χ4n) is 3.13. The van der Waals surface area contributed by atoms with Crippen LogP contribution in [0.2, 0.25) is 0 Å². The topological polar surface area (TPSA) is 41.6 Å². The molecule has 1 heterocycles. The van der Waals surface area contributed by atoms with Crippen LogP contribution in [0.1, 0.15) is 40.0 Å². The first-order valence-corrected chi connectivity index (χ1v) is 7.88. The van der Waals surface area contributed by atoms with Crippen LogP contribution in [-0.2, 0) is 9.53 Å². The Balaban J connectivity index is 1.75. The molecule has 1 N–H and O–H groups in total. The van der Waals surface area contributed by atoms with E-state index in [0.29, 0.717) is 6.04 Å². The Morgan fingerprint density at radius 1 is 1.35 bits per heavy atom. The summed E-state index contributed by atoms with van der Waals surface area (Å²) in [6, 6.07) is 0.367. The van der Waals surface area contributed by atoms with Gasteiger partial charge in [-0.15, -0.1) is 0 Å². The van der Waals surface area contributed by atoms with Gasteiger partial charge >= 0.3 is 0 Å². The highest BCUT2D eigenvalue weighted by Crippen LogP contribution is 2.18. The third-order valence-corrected chi connectivity index (χ3v) is 4.28. The van der Waals surface area contributed by atoms with Crippen LogP contribution in [0.4, 0.5) is 0 Å². The number of hydrogen-bond acceptors (Lipinski definition) is 3. The summed E-state index contributed by atoms with van der Waals surface area (Å²) in [4.78, 5) is 14.5. The Hall–Kier alpha value is -0.870. The van der Waals surface area contributed by atoms with Crippen molar-refractivity contribution >= 4 is 5.91 Å². The fourth-order valence-corrected chi connectivity index (χ4v) is 3.13. The summed E-state index contributed by atoms with van der Waals surface area (Å²) in [6.45, 7) is 9.05. The zero-order chi connectivity index (χ0) is 14.5. The van der Waals surface area contributed by atoms with Crippen LogP contribution in [0.5, 0.6) is 0 Å². The van der Waals surface area contributed by atoms with Gasteiger partial charge in [0.25, 0.3) is 0 Å². The van der Waals surface area contributed by atoms with Gasteiger partial charge in [0.05, 0.1) is 12.2 Å². The molecule has 0 bridgehead atoms. The molecule has 1 aliphatic heterocycles. The van der Waals surface area contributed by atoms with Crippen molar-refractivity contribution in [2.75, 3.05) is 19.6 Å². The van der Waals surface area contributed by atoms with Crippen molar-refractivity contribution in [2.24, 2.45) is 5.92 Å². The number of ether oxygens (including phenoxy) is 1. The van der Waals surface area contributed by atoms with Crippen molar-refractivity contribution in [3.05, 3.63) is 12.2 Å². The third kappa shape index (κ3) is 4.32. The molecule has 0 saturated carbocycles. The quantitative estimate of drug-likeness (QED) is 0.800. The maximum atomic E-state index is 12.1. The summed E-state index contributed by atoms with van der Waals surface area (Å²) in [5.41, 5.74) is 0. The van der Waals surface area contributed by atoms with Gasteiger partial charge in [-0.3, -0.25) is 9.69 Å². The van der Waals surface area contributed by atoms with E-state index >= 15 is 0 Å². The molecule has 114 valence electrons. The largest absolute Gasteiger partial charge is 0.373 e. The average Bonchev–Trinajstić information content (AvgIpc) is 2.44. The number of rotatable bonds is 4. The van der Waals surface area contributed by atoms with Crippen molar-refractivity contribution in [1.29, 1.82) is 0 Å². The van der Waals surface area contributed by atoms with Gasteiger partial charge in [-0.05, 0) is 40.0 Å². The minimum Gasteiger partial charge on any atom is -0.373 e. The summed E-state index contributed by atoms with van der Waals surface area (Å²) >= 11 is 0. The molecular weight excluding hydrogens is 252 g/mol. The van der Waals surface area contributed by atoms with E-state index in [1.807, 2.05) is 0 Å². The fraction of sp³-hybridized carbons (Fsp3) is 0.812. The first-order valence-electron chi connectivity index (χ1n) is 7.88. The first-order chi connectivity index (χ1) is 9.56. The Kier molecular flexibility index (Phi) is 5.61. The van der Waals surface area contributed by atoms with Crippen LogP contribution in [0.15, 0.2) is 12.2 Å². The highest BCUT2D eigenvalue weighted by molar-refractivity contribution is 5.79. The molecule has 4 nitrogen and oxygen atoms in total. The minimum atomic E-state index is 0.176. The monoisotopic (exact) mass is 280 g/mol. The highest BCUT2D eigenvalue weighted by Gasteiger charge is 2.26. The van der Waals surface area contributed by atoms with Gasteiger partial charge in [-0.1, -0.05) is 12.2 Å². The number of morpholine rings is 1. The second kappa shape index (κ2) is 7.23. The first kappa shape index (κ1) is 15.5. The molecule has 1 fully saturated rings. The summed E-state index contributed by atoms with van der Waals surface area (Å²) in [5.74, 6) is 0.394. The number of nitrogens with zero attached hydrogens (tertiary/aromatic N) is 1. The van der Waals surface area contributed by atoms with Gasteiger partial charge in [0.1, 0.15) is 0 Å². The molecule has 4 heteroatoms. The van der Waals surface area contributed by atoms with Crippen LogP contribution in [0.25, 0.3) is 0 Å². The molecule has 0 radical (unpaired) electrons. The second-order valence-corrected chi connectivity index (χ2v) is 6.29. The van der Waals surface area contributed by atoms with Gasteiger partial charge in [-0.2, -0.15) is 0 Å². The van der Waals surface area contributed by atoms with Gasteiger partial charge < -0.3 is 10.1 Å². The molecular formula is C16H28N2O2. The number of nitrogens with one attached hydrogen (secondary N) is 1. The molecule has 20 heavy (non-hydrogen) atoms. The maximum Gasteiger partial charge on any atom is 0.223 e. The lowest BCUT2D eigenvalue weighted by Gasteiger charge is -2.39. The van der Waals surface area contributed by atoms with Crippen molar-refractivity contribution in [2.45, 2.75) is 58.3 Å². The number of amides is 1. The van der Waals surface area contributed by atoms with E-state index < -0.39 is 0 Å². The second-order valence-electron chi connectivity index (χ2n) is 6.29. The zero-order valence-electron chi connectivity index (χ0n) is 13.0. The molecule has 2 aliphatic rings. The molecule has 2 rings (SSSR count). The molecule has 4 atom stereocenters. The molecule has 0 aromatic carbocycles. The lowest BCUT2D eigenvalue weighted by atomic mass is 9.93. The van der Waals surface area contributed by atoms with Crippen LogP contribution >= 0.6 is 0 Å². The number of hydrogen-bond donors (Lipinski definition) is 1. The summed E-state index contributed by atoms with van der Waals surface area (Å²) in [6.07, 6.45) is 7.77. The van der Waals surface area contributed by atoms with Crippen LogP contribution in [0.3, 0.4) is 0 Å². The van der Waals surface area contributed by atoms with Gasteiger partial charge in [0, 0.05) is 31.6 Å². The Morgan fingerprint density at radius 3 is 2.65 bits per heavy atom. The zero-order valence-corrected chi connectivity index (χ0v) is 13.0. The highest BCUT2D eigenvalue weighted by atomic mass is 16.5. The van der Waals surface area contributed by atoms with E-state index in [2.05, 4.69) is 43.1 Å². The standard InChI is InChI=1S/C16H28N2O2/c1-12(18-10-13(2)20-14(3)11-18)9-17-16(19)15-7-5-4-6-8-15/h4-5,12-15H,6-11H2,1-3H3,(H,17,19)/t12-,13-,14+,15-/m1/s1. The van der Waals surface area contributed by atoms with Gasteiger partial charge in [-0.25, -0.2) is 0 Å². The van der Waals surface area contributed by atoms with Crippen molar-refractivity contribution in [3.8, 4) is 0 Å². The third-order valence-electron chi connectivity index (χ3n) is 4.28. The van der Waals surface area contributed by atoms with Gasteiger partial charge in [0.2, 0.25) is 5.91 Å². The number of allylic oxidation sites excluding steroid dienone is 2. The molecule has 0 aromatic rings. The Morgan fingerprint density at radius 2 is 2.05 bits per heavy atom. The van der Waals surface area contributed by atoms with E-state index in [1.54, 1.807) is 0 Å². The molecule has 1 aliphatic carbocycles. The van der Waals surface area contributed by atoms with E-state index in [-0.39, 0.29) is 24.0 Å². The Bertz CT molecular complexity index is 346. The molecule has 0 aromatic heterocycles.